The van der Waals surface area contributed by atoms with Crippen molar-refractivity contribution < 1.29 is 23.5 Å². The van der Waals surface area contributed by atoms with Crippen LogP contribution in [0.1, 0.15) is 4.88 Å². The van der Waals surface area contributed by atoms with Crippen molar-refractivity contribution in [2.75, 3.05) is 23.4 Å². The van der Waals surface area contributed by atoms with Crippen molar-refractivity contribution in [3.05, 3.63) is 75.3 Å². The van der Waals surface area contributed by atoms with Crippen molar-refractivity contribution >= 4 is 51.7 Å². The van der Waals surface area contributed by atoms with Gasteiger partial charge in [-0.1, -0.05) is 17.7 Å². The molecule has 2 amide bonds. The molecule has 1 N–H and O–H groups in total. The smallest absolute Gasteiger partial charge is 0.282 e. The number of nitrogens with one attached hydrogen (secondary N) is 1. The first-order valence-corrected chi connectivity index (χ1v) is 10.6. The fourth-order valence-electron chi connectivity index (χ4n) is 3.42. The van der Waals surface area contributed by atoms with Crippen LogP contribution in [0.3, 0.4) is 0 Å². The zero-order chi connectivity index (χ0) is 21.5. The van der Waals surface area contributed by atoms with Gasteiger partial charge in [-0.3, -0.25) is 9.59 Å². The van der Waals surface area contributed by atoms with E-state index < -0.39 is 17.6 Å². The summed E-state index contributed by atoms with van der Waals surface area (Å²) in [4.78, 5) is 28.2. The van der Waals surface area contributed by atoms with Crippen LogP contribution in [0.15, 0.2) is 59.6 Å². The molecule has 0 radical (unpaired) electrons. The van der Waals surface area contributed by atoms with Crippen molar-refractivity contribution in [1.29, 1.82) is 0 Å². The summed E-state index contributed by atoms with van der Waals surface area (Å²) in [6, 6.07) is 12.5. The molecule has 2 aliphatic rings. The molecule has 2 aliphatic heterocycles. The lowest BCUT2D eigenvalue weighted by molar-refractivity contribution is -0.120. The number of nitrogens with zero attached hydrogens (tertiary/aromatic N) is 1. The molecule has 0 saturated carbocycles. The summed E-state index contributed by atoms with van der Waals surface area (Å²) in [6.45, 7) is 0.895. The second-order valence-electron chi connectivity index (χ2n) is 6.75. The Bertz CT molecular complexity index is 1240. The van der Waals surface area contributed by atoms with Crippen LogP contribution in [0.25, 0.3) is 5.57 Å². The lowest BCUT2D eigenvalue weighted by Crippen LogP contribution is -2.32. The highest BCUT2D eigenvalue weighted by Crippen LogP contribution is 2.38. The summed E-state index contributed by atoms with van der Waals surface area (Å²) in [5.74, 6) is -0.555. The number of fused-ring (bicyclic) bond motifs is 1. The summed E-state index contributed by atoms with van der Waals surface area (Å²) in [7, 11) is 0. The molecule has 0 spiro atoms. The van der Waals surface area contributed by atoms with Gasteiger partial charge in [-0.25, -0.2) is 9.29 Å². The number of imide groups is 1. The molecule has 156 valence electrons. The van der Waals surface area contributed by atoms with Gasteiger partial charge in [0.1, 0.15) is 24.7 Å². The molecular formula is C22H14ClFN2O4S. The third-order valence-electron chi connectivity index (χ3n) is 4.82. The fraction of sp³-hybridized carbons (Fsp3) is 0.0909. The van der Waals surface area contributed by atoms with Crippen LogP contribution in [-0.4, -0.2) is 25.0 Å². The number of thiophene rings is 1. The van der Waals surface area contributed by atoms with Gasteiger partial charge < -0.3 is 14.8 Å². The minimum atomic E-state index is -0.634. The Kier molecular flexibility index (Phi) is 4.88. The van der Waals surface area contributed by atoms with E-state index in [1.807, 2.05) is 5.38 Å². The van der Waals surface area contributed by atoms with Gasteiger partial charge in [-0.2, -0.15) is 0 Å². The lowest BCUT2D eigenvalue weighted by atomic mass is 10.1. The molecule has 6 nitrogen and oxygen atoms in total. The number of benzene rings is 2. The van der Waals surface area contributed by atoms with Crippen molar-refractivity contribution in [1.82, 2.24) is 0 Å². The minimum absolute atomic E-state index is 0.115. The normalized spacial score (nSPS) is 15.6. The molecule has 0 unspecified atom stereocenters. The van der Waals surface area contributed by atoms with Gasteiger partial charge >= 0.3 is 0 Å². The molecule has 31 heavy (non-hydrogen) atoms. The van der Waals surface area contributed by atoms with Gasteiger partial charge in [0.05, 0.1) is 16.3 Å². The van der Waals surface area contributed by atoms with E-state index in [1.54, 1.807) is 30.3 Å². The van der Waals surface area contributed by atoms with Crippen molar-refractivity contribution in [2.24, 2.45) is 0 Å². The minimum Gasteiger partial charge on any atom is -0.486 e. The van der Waals surface area contributed by atoms with E-state index in [1.165, 1.54) is 23.5 Å². The number of halogens is 2. The van der Waals surface area contributed by atoms with Gasteiger partial charge in [-0.05, 0) is 41.8 Å². The summed E-state index contributed by atoms with van der Waals surface area (Å²) < 4.78 is 24.7. The van der Waals surface area contributed by atoms with Crippen molar-refractivity contribution in [2.45, 2.75) is 0 Å². The molecule has 0 atom stereocenters. The number of ether oxygens (including phenoxy) is 2. The van der Waals surface area contributed by atoms with Crippen molar-refractivity contribution in [3.8, 4) is 11.5 Å². The zero-order valence-corrected chi connectivity index (χ0v) is 17.4. The monoisotopic (exact) mass is 456 g/mol. The average molecular weight is 457 g/mol. The summed E-state index contributed by atoms with van der Waals surface area (Å²) in [6.07, 6.45) is 0. The maximum absolute atomic E-state index is 13.6. The van der Waals surface area contributed by atoms with Gasteiger partial charge in [0.2, 0.25) is 0 Å². The second-order valence-corrected chi connectivity index (χ2v) is 8.11. The Hall–Kier alpha value is -3.36. The first kappa shape index (κ1) is 19.6. The van der Waals surface area contributed by atoms with Crippen LogP contribution in [0.5, 0.6) is 11.5 Å². The topological polar surface area (TPSA) is 67.9 Å². The van der Waals surface area contributed by atoms with E-state index in [-0.39, 0.29) is 22.0 Å². The summed E-state index contributed by atoms with van der Waals surface area (Å²) in [5.41, 5.74) is 1.10. The predicted molar refractivity (Wildman–Crippen MR) is 116 cm³/mol. The van der Waals surface area contributed by atoms with E-state index in [0.717, 1.165) is 11.0 Å². The highest BCUT2D eigenvalue weighted by Gasteiger charge is 2.41. The number of hydrogen-bond donors (Lipinski definition) is 1. The van der Waals surface area contributed by atoms with Crippen LogP contribution >= 0.6 is 22.9 Å². The molecular weight excluding hydrogens is 443 g/mol. The Morgan fingerprint density at radius 1 is 1.00 bits per heavy atom. The predicted octanol–water partition coefficient (Wildman–Crippen LogP) is 4.71. The molecule has 0 aliphatic carbocycles. The van der Waals surface area contributed by atoms with Gasteiger partial charge in [0, 0.05) is 16.6 Å². The Morgan fingerprint density at radius 2 is 1.81 bits per heavy atom. The quantitative estimate of drug-likeness (QED) is 0.576. The Morgan fingerprint density at radius 3 is 2.55 bits per heavy atom. The molecule has 9 heteroatoms. The van der Waals surface area contributed by atoms with Crippen LogP contribution in [-0.2, 0) is 9.59 Å². The highest BCUT2D eigenvalue weighted by atomic mass is 35.5. The lowest BCUT2D eigenvalue weighted by Gasteiger charge is -2.19. The number of hydrogen-bond acceptors (Lipinski definition) is 6. The van der Waals surface area contributed by atoms with Gasteiger partial charge in [-0.15, -0.1) is 11.3 Å². The van der Waals surface area contributed by atoms with Crippen LogP contribution in [0, 0.1) is 5.82 Å². The maximum Gasteiger partial charge on any atom is 0.282 e. The highest BCUT2D eigenvalue weighted by molar-refractivity contribution is 7.11. The molecule has 1 aromatic heterocycles. The first-order chi connectivity index (χ1) is 15.0. The van der Waals surface area contributed by atoms with E-state index in [2.05, 4.69) is 5.32 Å². The third kappa shape index (κ3) is 3.43. The van der Waals surface area contributed by atoms with Crippen molar-refractivity contribution in [3.63, 3.8) is 0 Å². The molecule has 5 rings (SSSR count). The molecule has 2 aromatic carbocycles. The van der Waals surface area contributed by atoms with Crippen LogP contribution < -0.4 is 19.7 Å². The average Bonchev–Trinajstić information content (AvgIpc) is 3.37. The van der Waals surface area contributed by atoms with E-state index in [0.29, 0.717) is 35.3 Å². The number of anilines is 2. The standard InChI is InChI=1S/C22H14ClFN2O4S/c23-14-11-13(4-5-15(14)24)26-21(27)19(18-2-1-9-31-18)20(22(26)28)25-12-3-6-16-17(10-12)30-8-7-29-16/h1-6,9-11,25H,7-8H2. The molecule has 0 bridgehead atoms. The van der Waals surface area contributed by atoms with E-state index in [4.69, 9.17) is 21.1 Å². The fourth-order valence-corrected chi connectivity index (χ4v) is 4.36. The van der Waals surface area contributed by atoms with Crippen LogP contribution in [0.2, 0.25) is 5.02 Å². The number of amides is 2. The SMILES string of the molecule is O=C1C(Nc2ccc3c(c2)OCCO3)=C(c2cccs2)C(=O)N1c1ccc(F)c(Cl)c1. The number of carbonyl (C=O) groups excluding carboxylic acids is 2. The molecule has 3 heterocycles. The summed E-state index contributed by atoms with van der Waals surface area (Å²) >= 11 is 7.22. The van der Waals surface area contributed by atoms with Gasteiger partial charge in [0.15, 0.2) is 11.5 Å². The van der Waals surface area contributed by atoms with E-state index in [9.17, 15) is 14.0 Å². The van der Waals surface area contributed by atoms with Gasteiger partial charge in [0.25, 0.3) is 11.8 Å². The number of carbonyl (C=O) groups is 2. The Balaban J connectivity index is 1.56. The Labute approximate surface area is 185 Å². The number of rotatable bonds is 4. The maximum atomic E-state index is 13.6. The zero-order valence-electron chi connectivity index (χ0n) is 15.9. The largest absolute Gasteiger partial charge is 0.486 e. The first-order valence-electron chi connectivity index (χ1n) is 9.31. The molecule has 0 saturated heterocycles. The van der Waals surface area contributed by atoms with Crippen LogP contribution in [0.4, 0.5) is 15.8 Å². The molecule has 0 fully saturated rings. The molecule has 3 aromatic rings. The summed E-state index contributed by atoms with van der Waals surface area (Å²) in [5, 5.41) is 4.71. The second kappa shape index (κ2) is 7.72. The van der Waals surface area contributed by atoms with E-state index >= 15 is 0 Å². The third-order valence-corrected chi connectivity index (χ3v) is 6.00.